The summed E-state index contributed by atoms with van der Waals surface area (Å²) in [5.41, 5.74) is -1.03. The van der Waals surface area contributed by atoms with Gasteiger partial charge in [-0.05, 0) is 32.0 Å². The van der Waals surface area contributed by atoms with E-state index in [0.717, 1.165) is 4.68 Å². The fourth-order valence-electron chi connectivity index (χ4n) is 3.01. The Labute approximate surface area is 193 Å². The number of halogens is 7. The fraction of sp³-hybridized carbons (Fsp3) is 0.421. The van der Waals surface area contributed by atoms with Gasteiger partial charge in [-0.3, -0.25) is 9.48 Å². The highest BCUT2D eigenvalue weighted by Gasteiger charge is 2.56. The number of aryl methyl sites for hydroxylation is 1. The predicted octanol–water partition coefficient (Wildman–Crippen LogP) is 5.23. The predicted molar refractivity (Wildman–Crippen MR) is 109 cm³/mol. The van der Waals surface area contributed by atoms with Gasteiger partial charge in [0.25, 0.3) is 0 Å². The Bertz CT molecular complexity index is 1210. The number of esters is 1. The highest BCUT2D eigenvalue weighted by atomic mass is 35.5. The molecule has 0 saturated carbocycles. The zero-order chi connectivity index (χ0) is 24.8. The van der Waals surface area contributed by atoms with Crippen LogP contribution < -0.4 is 0 Å². The lowest BCUT2D eigenvalue weighted by atomic mass is 9.90. The van der Waals surface area contributed by atoms with Crippen LogP contribution in [0.4, 0.5) is 22.0 Å². The number of hydrogen-bond acceptors (Lipinski definition) is 6. The van der Waals surface area contributed by atoms with Crippen LogP contribution in [0.15, 0.2) is 18.2 Å². The number of alkyl halides is 5. The minimum atomic E-state index is -5.70. The number of hydrogen-bond donors (Lipinski definition) is 0. The second-order valence-electron chi connectivity index (χ2n) is 7.58. The first kappa shape index (κ1) is 25.0. The van der Waals surface area contributed by atoms with Crippen LogP contribution in [0.1, 0.15) is 26.0 Å². The zero-order valence-electron chi connectivity index (χ0n) is 17.3. The van der Waals surface area contributed by atoms with Crippen molar-refractivity contribution in [1.82, 2.24) is 25.0 Å². The van der Waals surface area contributed by atoms with Gasteiger partial charge in [-0.1, -0.05) is 23.2 Å². The van der Waals surface area contributed by atoms with Gasteiger partial charge in [0.2, 0.25) is 5.82 Å². The standard InChI is InChI=1S/C19H16Cl2F5N5O2/c1-17(2,16(32)33-3)13-14(21)27-15(29-28-13)12-10-5-4-9(20)8-11(10)31(30-12)7-6-18(22,23)19(24,25)26/h4-5,8H,6-7H2,1-3H3. The lowest BCUT2D eigenvalue weighted by Gasteiger charge is -2.20. The maximum absolute atomic E-state index is 13.4. The van der Waals surface area contributed by atoms with Gasteiger partial charge in [-0.2, -0.15) is 27.1 Å². The molecule has 3 aromatic rings. The topological polar surface area (TPSA) is 82.8 Å². The van der Waals surface area contributed by atoms with E-state index in [1.54, 1.807) is 0 Å². The average molecular weight is 512 g/mol. The molecule has 0 N–H and O–H groups in total. The van der Waals surface area contributed by atoms with Crippen LogP contribution in [0.2, 0.25) is 10.2 Å². The van der Waals surface area contributed by atoms with E-state index in [0.29, 0.717) is 5.39 Å². The van der Waals surface area contributed by atoms with Crippen molar-refractivity contribution in [2.24, 2.45) is 0 Å². The van der Waals surface area contributed by atoms with Gasteiger partial charge in [0.15, 0.2) is 5.15 Å². The molecule has 0 aliphatic rings. The lowest BCUT2D eigenvalue weighted by molar-refractivity contribution is -0.285. The normalized spacial score (nSPS) is 12.9. The number of aromatic nitrogens is 5. The molecular weight excluding hydrogens is 496 g/mol. The molecule has 0 fully saturated rings. The van der Waals surface area contributed by atoms with E-state index >= 15 is 0 Å². The molecule has 2 heterocycles. The molecule has 14 heteroatoms. The van der Waals surface area contributed by atoms with Gasteiger partial charge in [0.05, 0.1) is 12.6 Å². The summed E-state index contributed by atoms with van der Waals surface area (Å²) < 4.78 is 70.3. The minimum absolute atomic E-state index is 0.0244. The van der Waals surface area contributed by atoms with E-state index in [-0.39, 0.29) is 32.9 Å². The first-order chi connectivity index (χ1) is 15.2. The van der Waals surface area contributed by atoms with Crippen LogP contribution in [0, 0.1) is 0 Å². The Morgan fingerprint density at radius 2 is 1.79 bits per heavy atom. The highest BCUT2D eigenvalue weighted by molar-refractivity contribution is 6.31. The Balaban J connectivity index is 2.06. The summed E-state index contributed by atoms with van der Waals surface area (Å²) in [6, 6.07) is 4.33. The summed E-state index contributed by atoms with van der Waals surface area (Å²) in [5, 5.41) is 12.4. The third-order valence-electron chi connectivity index (χ3n) is 4.91. The van der Waals surface area contributed by atoms with Gasteiger partial charge in [0.1, 0.15) is 16.8 Å². The van der Waals surface area contributed by atoms with Crippen molar-refractivity contribution in [2.75, 3.05) is 7.11 Å². The van der Waals surface area contributed by atoms with Crippen molar-refractivity contribution in [3.05, 3.63) is 34.1 Å². The summed E-state index contributed by atoms with van der Waals surface area (Å²) in [6.45, 7) is 2.24. The minimum Gasteiger partial charge on any atom is -0.468 e. The molecule has 0 spiro atoms. The van der Waals surface area contributed by atoms with Crippen LogP contribution in [0.25, 0.3) is 22.4 Å². The number of ether oxygens (including phenoxy) is 1. The first-order valence-corrected chi connectivity index (χ1v) is 10.0. The molecule has 2 aromatic heterocycles. The lowest BCUT2D eigenvalue weighted by Crippen LogP contribution is -2.37. The number of carbonyl (C=O) groups excluding carboxylic acids is 1. The van der Waals surface area contributed by atoms with Crippen molar-refractivity contribution in [2.45, 2.75) is 44.3 Å². The summed E-state index contributed by atoms with van der Waals surface area (Å²) >= 11 is 12.2. The van der Waals surface area contributed by atoms with Gasteiger partial charge in [0, 0.05) is 23.4 Å². The number of nitrogens with zero attached hydrogens (tertiary/aromatic N) is 5. The second kappa shape index (κ2) is 8.64. The second-order valence-corrected chi connectivity index (χ2v) is 8.37. The first-order valence-electron chi connectivity index (χ1n) is 9.29. The number of methoxy groups -OCH3 is 1. The summed E-state index contributed by atoms with van der Waals surface area (Å²) in [5.74, 6) is -5.67. The number of rotatable bonds is 6. The van der Waals surface area contributed by atoms with Crippen molar-refractivity contribution in [1.29, 1.82) is 0 Å². The molecule has 0 amide bonds. The monoisotopic (exact) mass is 511 g/mol. The average Bonchev–Trinajstić information content (AvgIpc) is 3.08. The van der Waals surface area contributed by atoms with E-state index in [2.05, 4.69) is 20.3 Å². The molecule has 0 atom stereocenters. The van der Waals surface area contributed by atoms with E-state index in [1.165, 1.54) is 39.2 Å². The van der Waals surface area contributed by atoms with Crippen molar-refractivity contribution < 1.29 is 31.5 Å². The number of benzene rings is 1. The molecule has 178 valence electrons. The summed E-state index contributed by atoms with van der Waals surface area (Å²) in [4.78, 5) is 16.1. The maximum Gasteiger partial charge on any atom is 0.453 e. The molecule has 0 saturated heterocycles. The molecule has 1 aromatic carbocycles. The van der Waals surface area contributed by atoms with E-state index < -0.39 is 36.4 Å². The Morgan fingerprint density at radius 1 is 1.12 bits per heavy atom. The number of fused-ring (bicyclic) bond motifs is 1. The summed E-state index contributed by atoms with van der Waals surface area (Å²) in [6.07, 6.45) is -7.23. The molecule has 0 radical (unpaired) electrons. The van der Waals surface area contributed by atoms with E-state index in [9.17, 15) is 26.7 Å². The third kappa shape index (κ3) is 4.72. The smallest absolute Gasteiger partial charge is 0.453 e. The largest absolute Gasteiger partial charge is 0.468 e. The Morgan fingerprint density at radius 3 is 2.36 bits per heavy atom. The highest BCUT2D eigenvalue weighted by Crippen LogP contribution is 2.39. The van der Waals surface area contributed by atoms with Crippen LogP contribution in [0.3, 0.4) is 0 Å². The molecule has 0 aliphatic heterocycles. The molecule has 33 heavy (non-hydrogen) atoms. The van der Waals surface area contributed by atoms with Crippen LogP contribution in [-0.4, -0.2) is 50.1 Å². The fourth-order valence-corrected chi connectivity index (χ4v) is 3.53. The van der Waals surface area contributed by atoms with Gasteiger partial charge in [-0.25, -0.2) is 4.98 Å². The Hall–Kier alpha value is -2.60. The van der Waals surface area contributed by atoms with E-state index in [1.807, 2.05) is 0 Å². The van der Waals surface area contributed by atoms with Crippen LogP contribution in [0.5, 0.6) is 0 Å². The van der Waals surface area contributed by atoms with Gasteiger partial charge >= 0.3 is 18.1 Å². The number of carbonyl (C=O) groups is 1. The Kier molecular flexibility index (Phi) is 6.55. The van der Waals surface area contributed by atoms with Crippen molar-refractivity contribution in [3.63, 3.8) is 0 Å². The van der Waals surface area contributed by atoms with Crippen LogP contribution in [-0.2, 0) is 21.5 Å². The molecule has 0 aliphatic carbocycles. The molecule has 0 unspecified atom stereocenters. The maximum atomic E-state index is 13.4. The SMILES string of the molecule is COC(=O)C(C)(C)c1nnc(-c2nn(CCC(F)(F)C(F)(F)F)c3cc(Cl)ccc23)nc1Cl. The zero-order valence-corrected chi connectivity index (χ0v) is 18.9. The molecule has 3 rings (SSSR count). The van der Waals surface area contributed by atoms with Crippen LogP contribution >= 0.6 is 23.2 Å². The van der Waals surface area contributed by atoms with E-state index in [4.69, 9.17) is 27.9 Å². The third-order valence-corrected chi connectivity index (χ3v) is 5.41. The summed E-state index contributed by atoms with van der Waals surface area (Å²) in [7, 11) is 1.19. The van der Waals surface area contributed by atoms with Crippen molar-refractivity contribution in [3.8, 4) is 11.5 Å². The molecule has 7 nitrogen and oxygen atoms in total. The quantitative estimate of drug-likeness (QED) is 0.332. The molecular formula is C19H16Cl2F5N5O2. The van der Waals surface area contributed by atoms with Gasteiger partial charge in [-0.15, -0.1) is 10.2 Å². The molecule has 0 bridgehead atoms. The van der Waals surface area contributed by atoms with Crippen molar-refractivity contribution >= 4 is 40.1 Å². The van der Waals surface area contributed by atoms with Gasteiger partial charge < -0.3 is 4.74 Å².